The summed E-state index contributed by atoms with van der Waals surface area (Å²) >= 11 is 0. The highest BCUT2D eigenvalue weighted by molar-refractivity contribution is 5.83. The van der Waals surface area contributed by atoms with Crippen molar-refractivity contribution in [3.8, 4) is 5.75 Å². The highest BCUT2D eigenvalue weighted by Crippen LogP contribution is 2.47. The molecule has 1 aliphatic carbocycles. The van der Waals surface area contributed by atoms with Crippen LogP contribution in [0.2, 0.25) is 0 Å². The van der Waals surface area contributed by atoms with Crippen molar-refractivity contribution in [2.45, 2.75) is 19.3 Å². The molecule has 3 aromatic rings. The summed E-state index contributed by atoms with van der Waals surface area (Å²) in [5, 5.41) is 1.12. The first-order chi connectivity index (χ1) is 11.6. The van der Waals surface area contributed by atoms with E-state index in [9.17, 15) is 0 Å². The minimum Gasteiger partial charge on any atom is -0.456 e. The normalized spacial score (nSPS) is 17.1. The molecule has 1 aromatic heterocycles. The van der Waals surface area contributed by atoms with Crippen LogP contribution in [0.15, 0.2) is 70.3 Å². The summed E-state index contributed by atoms with van der Waals surface area (Å²) in [6.45, 7) is 4.46. The van der Waals surface area contributed by atoms with Crippen LogP contribution in [-0.4, -0.2) is 0 Å². The van der Waals surface area contributed by atoms with Gasteiger partial charge >= 0.3 is 11.3 Å². The molecule has 2 aromatic carbocycles. The van der Waals surface area contributed by atoms with Gasteiger partial charge in [-0.2, -0.15) is 0 Å². The van der Waals surface area contributed by atoms with Crippen molar-refractivity contribution >= 4 is 23.1 Å². The maximum absolute atomic E-state index is 6.17. The zero-order valence-electron chi connectivity index (χ0n) is 13.7. The average Bonchev–Trinajstić information content (AvgIpc) is 2.59. The molecule has 0 saturated heterocycles. The van der Waals surface area contributed by atoms with Gasteiger partial charge in [-0.1, -0.05) is 44.2 Å². The van der Waals surface area contributed by atoms with Crippen molar-refractivity contribution in [1.29, 1.82) is 0 Å². The van der Waals surface area contributed by atoms with Crippen LogP contribution < -0.4 is 4.74 Å². The molecule has 0 bridgehead atoms. The molecule has 0 N–H and O–H groups in total. The molecule has 0 amide bonds. The van der Waals surface area contributed by atoms with Crippen molar-refractivity contribution in [1.82, 2.24) is 0 Å². The van der Waals surface area contributed by atoms with Gasteiger partial charge in [-0.25, -0.2) is 4.42 Å². The number of fused-ring (bicyclic) bond motifs is 4. The summed E-state index contributed by atoms with van der Waals surface area (Å²) in [6.07, 6.45) is 4.26. The Hall–Kier alpha value is -2.87. The van der Waals surface area contributed by atoms with Crippen LogP contribution in [0.3, 0.4) is 0 Å². The lowest BCUT2D eigenvalue weighted by Crippen LogP contribution is -2.28. The van der Waals surface area contributed by atoms with Gasteiger partial charge in [0, 0.05) is 22.6 Å². The van der Waals surface area contributed by atoms with Gasteiger partial charge in [0.05, 0.1) is 17.0 Å². The standard InChI is InChI=1S/C22H17O2/c1-22(2)16-11-14-7-3-5-9-18(14)23-20(16)13-21-17(22)12-15-8-4-6-10-19(15)24-21/h3-13H,1-2H3/q+1. The largest absolute Gasteiger partial charge is 0.456 e. The molecular weight excluding hydrogens is 296 g/mol. The summed E-state index contributed by atoms with van der Waals surface area (Å²) in [5.74, 6) is 2.66. The molecule has 2 heteroatoms. The summed E-state index contributed by atoms with van der Waals surface area (Å²) in [5.41, 5.74) is 4.23. The van der Waals surface area contributed by atoms with Gasteiger partial charge < -0.3 is 4.74 Å². The predicted molar refractivity (Wildman–Crippen MR) is 96.7 cm³/mol. The Morgan fingerprint density at radius 1 is 0.917 bits per heavy atom. The molecule has 116 valence electrons. The predicted octanol–water partition coefficient (Wildman–Crippen LogP) is 5.82. The van der Waals surface area contributed by atoms with Gasteiger partial charge in [0.15, 0.2) is 0 Å². The third kappa shape index (κ3) is 1.80. The van der Waals surface area contributed by atoms with Gasteiger partial charge in [-0.15, -0.1) is 0 Å². The summed E-state index contributed by atoms with van der Waals surface area (Å²) in [6, 6.07) is 18.5. The number of hydrogen-bond acceptors (Lipinski definition) is 1. The molecule has 5 rings (SSSR count). The van der Waals surface area contributed by atoms with E-state index in [1.54, 1.807) is 0 Å². The van der Waals surface area contributed by atoms with E-state index in [0.717, 1.165) is 33.8 Å². The van der Waals surface area contributed by atoms with E-state index < -0.39 is 0 Å². The molecule has 0 saturated carbocycles. The van der Waals surface area contributed by atoms with E-state index in [0.29, 0.717) is 0 Å². The van der Waals surface area contributed by atoms with Crippen molar-refractivity contribution in [3.05, 3.63) is 82.8 Å². The fourth-order valence-corrected chi connectivity index (χ4v) is 3.64. The Bertz CT molecular complexity index is 1050. The first kappa shape index (κ1) is 13.6. The van der Waals surface area contributed by atoms with Gasteiger partial charge in [-0.05, 0) is 24.3 Å². The first-order valence-electron chi connectivity index (χ1n) is 8.20. The van der Waals surface area contributed by atoms with E-state index in [-0.39, 0.29) is 5.41 Å². The Balaban J connectivity index is 1.79. The van der Waals surface area contributed by atoms with Crippen LogP contribution in [0.5, 0.6) is 5.75 Å². The second-order valence-corrected chi connectivity index (χ2v) is 6.89. The quantitative estimate of drug-likeness (QED) is 0.487. The molecule has 24 heavy (non-hydrogen) atoms. The zero-order chi connectivity index (χ0) is 16.3. The first-order valence-corrected chi connectivity index (χ1v) is 8.20. The topological polar surface area (TPSA) is 20.5 Å². The molecule has 2 aliphatic rings. The van der Waals surface area contributed by atoms with Crippen molar-refractivity contribution in [2.75, 3.05) is 0 Å². The molecule has 0 unspecified atom stereocenters. The zero-order valence-corrected chi connectivity index (χ0v) is 13.7. The third-order valence-corrected chi connectivity index (χ3v) is 5.02. The number of benzene rings is 2. The Morgan fingerprint density at radius 2 is 1.71 bits per heavy atom. The number of ether oxygens (including phenoxy) is 1. The lowest BCUT2D eigenvalue weighted by molar-refractivity contribution is 0.402. The minimum atomic E-state index is -0.180. The molecule has 2 heterocycles. The molecule has 2 nitrogen and oxygen atoms in total. The van der Waals surface area contributed by atoms with E-state index in [1.807, 2.05) is 42.5 Å². The minimum absolute atomic E-state index is 0.180. The van der Waals surface area contributed by atoms with E-state index in [4.69, 9.17) is 9.15 Å². The molecule has 1 aliphatic heterocycles. The van der Waals surface area contributed by atoms with Gasteiger partial charge in [0.2, 0.25) is 0 Å². The van der Waals surface area contributed by atoms with Gasteiger partial charge in [-0.3, -0.25) is 0 Å². The highest BCUT2D eigenvalue weighted by Gasteiger charge is 2.42. The third-order valence-electron chi connectivity index (χ3n) is 5.02. The maximum atomic E-state index is 6.17. The van der Waals surface area contributed by atoms with Crippen LogP contribution >= 0.6 is 0 Å². The number of allylic oxidation sites excluding steroid dienone is 1. The van der Waals surface area contributed by atoms with Crippen molar-refractivity contribution in [3.63, 3.8) is 0 Å². The number of para-hydroxylation sites is 2. The molecule has 0 radical (unpaired) electrons. The van der Waals surface area contributed by atoms with Gasteiger partial charge in [0.1, 0.15) is 11.5 Å². The second kappa shape index (κ2) is 4.57. The fourth-order valence-electron chi connectivity index (χ4n) is 3.64. The van der Waals surface area contributed by atoms with Crippen LogP contribution in [0, 0.1) is 0 Å². The SMILES string of the molecule is CC1(C)C2=Cc3ccccc3OC2=Cc2[o+]c3ccccc3cc21. The summed E-state index contributed by atoms with van der Waals surface area (Å²) in [4.78, 5) is 0. The summed E-state index contributed by atoms with van der Waals surface area (Å²) < 4.78 is 12.3. The van der Waals surface area contributed by atoms with Crippen LogP contribution in [0.4, 0.5) is 0 Å². The lowest BCUT2D eigenvalue weighted by atomic mass is 9.72. The lowest BCUT2D eigenvalue weighted by Gasteiger charge is -2.34. The highest BCUT2D eigenvalue weighted by atomic mass is 16.5. The Labute approximate surface area is 140 Å². The summed E-state index contributed by atoms with van der Waals surface area (Å²) in [7, 11) is 0. The van der Waals surface area contributed by atoms with Crippen LogP contribution in [0.25, 0.3) is 23.1 Å². The fraction of sp³-hybridized carbons (Fsp3) is 0.136. The van der Waals surface area contributed by atoms with E-state index >= 15 is 0 Å². The smallest absolute Gasteiger partial charge is 0.361 e. The monoisotopic (exact) mass is 313 g/mol. The van der Waals surface area contributed by atoms with Crippen LogP contribution in [-0.2, 0) is 5.41 Å². The van der Waals surface area contributed by atoms with Crippen molar-refractivity contribution in [2.24, 2.45) is 0 Å². The van der Waals surface area contributed by atoms with E-state index in [1.165, 1.54) is 11.1 Å². The molecule has 0 atom stereocenters. The van der Waals surface area contributed by atoms with Crippen molar-refractivity contribution < 1.29 is 9.15 Å². The average molecular weight is 313 g/mol. The Morgan fingerprint density at radius 3 is 2.62 bits per heavy atom. The molecular formula is C22H17O2+. The number of hydrogen-bond donors (Lipinski definition) is 0. The van der Waals surface area contributed by atoms with Crippen LogP contribution in [0.1, 0.15) is 30.7 Å². The number of rotatable bonds is 0. The second-order valence-electron chi connectivity index (χ2n) is 6.89. The van der Waals surface area contributed by atoms with E-state index in [2.05, 4.69) is 38.1 Å². The molecule has 0 fully saturated rings. The Kier molecular flexibility index (Phi) is 2.58. The molecule has 0 spiro atoms. The maximum Gasteiger partial charge on any atom is 0.361 e. The van der Waals surface area contributed by atoms with Gasteiger partial charge in [0.25, 0.3) is 0 Å².